The van der Waals surface area contributed by atoms with E-state index in [2.05, 4.69) is 27.8 Å². The fourth-order valence-electron chi connectivity index (χ4n) is 3.47. The van der Waals surface area contributed by atoms with Crippen molar-refractivity contribution in [3.8, 4) is 11.5 Å². The molecule has 7 heteroatoms. The number of alkyl halides is 1. The van der Waals surface area contributed by atoms with Gasteiger partial charge in [-0.3, -0.25) is 4.79 Å². The number of hydrogen-bond donors (Lipinski definition) is 0. The zero-order valence-corrected chi connectivity index (χ0v) is 19.1. The number of benzene rings is 2. The number of oxazole rings is 1. The van der Waals surface area contributed by atoms with Gasteiger partial charge in [-0.15, -0.1) is 0 Å². The molecule has 3 aromatic rings. The summed E-state index contributed by atoms with van der Waals surface area (Å²) in [5.41, 5.74) is 3.29. The summed E-state index contributed by atoms with van der Waals surface area (Å²) in [5, 5.41) is 0.609. The van der Waals surface area contributed by atoms with Gasteiger partial charge < -0.3 is 13.9 Å². The molecule has 0 saturated heterocycles. The lowest BCUT2D eigenvalue weighted by atomic mass is 9.98. The van der Waals surface area contributed by atoms with Gasteiger partial charge in [-0.2, -0.15) is 0 Å². The Morgan fingerprint density at radius 3 is 2.47 bits per heavy atom. The van der Waals surface area contributed by atoms with Crippen LogP contribution in [0.15, 0.2) is 28.7 Å². The third-order valence-corrected chi connectivity index (χ3v) is 5.34. The summed E-state index contributed by atoms with van der Waals surface area (Å²) in [7, 11) is 0. The predicted molar refractivity (Wildman–Crippen MR) is 118 cm³/mol. The number of carbonyl (C=O) groups excluding carboxylic acids is 1. The van der Waals surface area contributed by atoms with E-state index in [1.807, 2.05) is 6.92 Å². The molecule has 0 N–H and O–H groups in total. The Hall–Kier alpha value is -2.41. The molecule has 1 heterocycles. The number of halogens is 2. The van der Waals surface area contributed by atoms with Crippen molar-refractivity contribution in [3.05, 3.63) is 52.7 Å². The first-order chi connectivity index (χ1) is 14.3. The van der Waals surface area contributed by atoms with Gasteiger partial charge in [-0.25, -0.2) is 9.37 Å². The van der Waals surface area contributed by atoms with E-state index in [9.17, 15) is 9.18 Å². The Bertz CT molecular complexity index is 1050. The van der Waals surface area contributed by atoms with Gasteiger partial charge in [0.05, 0.1) is 18.8 Å². The number of ether oxygens (including phenoxy) is 2. The number of fused-ring (bicyclic) bond motifs is 1. The summed E-state index contributed by atoms with van der Waals surface area (Å²) in [6.45, 7) is 7.90. The maximum absolute atomic E-state index is 13.2. The van der Waals surface area contributed by atoms with E-state index in [1.165, 1.54) is 19.1 Å². The highest BCUT2D eigenvalue weighted by molar-refractivity contribution is 9.09. The van der Waals surface area contributed by atoms with E-state index in [0.717, 1.165) is 5.56 Å². The summed E-state index contributed by atoms with van der Waals surface area (Å²) in [4.78, 5) is 16.8. The third-order valence-electron chi connectivity index (χ3n) is 5.02. The second kappa shape index (κ2) is 9.60. The van der Waals surface area contributed by atoms with E-state index in [-0.39, 0.29) is 17.5 Å². The zero-order valence-electron chi connectivity index (χ0n) is 17.6. The number of nitrogens with zero attached hydrogens (tertiary/aromatic N) is 1. The Balaban J connectivity index is 1.93. The summed E-state index contributed by atoms with van der Waals surface area (Å²) in [6.07, 6.45) is 0.696. The van der Waals surface area contributed by atoms with Crippen molar-refractivity contribution in [3.63, 3.8) is 0 Å². The molecule has 1 unspecified atom stereocenters. The normalized spacial score (nSPS) is 12.2. The maximum Gasteiger partial charge on any atom is 0.207 e. The maximum atomic E-state index is 13.2. The molecule has 0 aliphatic carbocycles. The lowest BCUT2D eigenvalue weighted by Crippen LogP contribution is -2.10. The molecule has 0 aliphatic heterocycles. The first-order valence-electron chi connectivity index (χ1n) is 9.85. The van der Waals surface area contributed by atoms with Gasteiger partial charge >= 0.3 is 0 Å². The van der Waals surface area contributed by atoms with E-state index < -0.39 is 0 Å². The lowest BCUT2D eigenvalue weighted by Gasteiger charge is -2.18. The van der Waals surface area contributed by atoms with Gasteiger partial charge in [-0.05, 0) is 49.4 Å². The van der Waals surface area contributed by atoms with Crippen LogP contribution in [0.4, 0.5) is 4.39 Å². The highest BCUT2D eigenvalue weighted by atomic mass is 79.9. The second-order valence-corrected chi connectivity index (χ2v) is 8.05. The molecule has 0 fully saturated rings. The van der Waals surface area contributed by atoms with Gasteiger partial charge in [-0.1, -0.05) is 35.0 Å². The minimum absolute atomic E-state index is 0.121. The molecule has 1 aromatic heterocycles. The number of Topliss-reactive ketones (excluding diaryl/α,β-unsaturated/α-hetero) is 1. The Labute approximate surface area is 183 Å². The van der Waals surface area contributed by atoms with Gasteiger partial charge in [0.15, 0.2) is 17.4 Å². The van der Waals surface area contributed by atoms with Crippen LogP contribution in [-0.2, 0) is 0 Å². The highest BCUT2D eigenvalue weighted by Crippen LogP contribution is 2.42. The largest absolute Gasteiger partial charge is 0.488 e. The fraction of sp³-hybridized carbons (Fsp3) is 0.391. The number of hydrogen-bond acceptors (Lipinski definition) is 5. The monoisotopic (exact) mass is 477 g/mol. The minimum atomic E-state index is -0.254. The van der Waals surface area contributed by atoms with Crippen LogP contribution in [0.25, 0.3) is 11.1 Å². The van der Waals surface area contributed by atoms with Gasteiger partial charge in [0, 0.05) is 12.3 Å². The second-order valence-electron chi connectivity index (χ2n) is 7.25. The molecule has 30 heavy (non-hydrogen) atoms. The lowest BCUT2D eigenvalue weighted by molar-refractivity contribution is 0.101. The van der Waals surface area contributed by atoms with Gasteiger partial charge in [0.25, 0.3) is 0 Å². The Kier molecular flexibility index (Phi) is 7.13. The van der Waals surface area contributed by atoms with E-state index in [0.29, 0.717) is 64.6 Å². The summed E-state index contributed by atoms with van der Waals surface area (Å²) in [6, 6.07) is 6.47. The average molecular weight is 478 g/mol. The smallest absolute Gasteiger partial charge is 0.207 e. The van der Waals surface area contributed by atoms with Crippen molar-refractivity contribution in [1.82, 2.24) is 4.98 Å². The molecule has 5 nitrogen and oxygen atoms in total. The SMILES string of the molecule is CC(=O)c1c(OCCBr)c(OCCC(C)c2ccc(F)cc2)c2oc(C)nc2c1C. The van der Waals surface area contributed by atoms with Crippen molar-refractivity contribution >= 4 is 32.8 Å². The van der Waals surface area contributed by atoms with Crippen LogP contribution in [0, 0.1) is 19.7 Å². The molecule has 0 amide bonds. The quantitative estimate of drug-likeness (QED) is 0.273. The number of rotatable bonds is 9. The molecule has 0 aliphatic rings. The highest BCUT2D eigenvalue weighted by Gasteiger charge is 2.26. The molecule has 0 spiro atoms. The Morgan fingerprint density at radius 1 is 1.17 bits per heavy atom. The van der Waals surface area contributed by atoms with Crippen molar-refractivity contribution in [2.24, 2.45) is 0 Å². The van der Waals surface area contributed by atoms with Gasteiger partial charge in [0.2, 0.25) is 11.3 Å². The van der Waals surface area contributed by atoms with Crippen molar-refractivity contribution < 1.29 is 23.1 Å². The molecular formula is C23H25BrFNO4. The third kappa shape index (κ3) is 4.67. The predicted octanol–water partition coefficient (Wildman–Crippen LogP) is 6.13. The van der Waals surface area contributed by atoms with Crippen LogP contribution in [-0.4, -0.2) is 29.3 Å². The molecule has 2 aromatic carbocycles. The minimum Gasteiger partial charge on any atom is -0.488 e. The molecule has 3 rings (SSSR count). The van der Waals surface area contributed by atoms with Crippen LogP contribution in [0.3, 0.4) is 0 Å². The van der Waals surface area contributed by atoms with E-state index in [1.54, 1.807) is 19.1 Å². The number of aryl methyl sites for hydroxylation is 2. The van der Waals surface area contributed by atoms with Crippen LogP contribution in [0.1, 0.15) is 53.6 Å². The van der Waals surface area contributed by atoms with Crippen LogP contribution in [0.2, 0.25) is 0 Å². The van der Waals surface area contributed by atoms with Crippen molar-refractivity contribution in [1.29, 1.82) is 0 Å². The molecular weight excluding hydrogens is 453 g/mol. The molecule has 1 atom stereocenters. The standard InChI is InChI=1S/C23H25BrFNO4/c1-13(17-5-7-18(25)8-6-17)9-11-28-23-21(29-12-10-24)19(15(3)27)14(2)20-22(23)30-16(4)26-20/h5-8,13H,9-12H2,1-4H3. The molecule has 160 valence electrons. The Morgan fingerprint density at radius 2 is 1.83 bits per heavy atom. The zero-order chi connectivity index (χ0) is 21.8. The summed E-state index contributed by atoms with van der Waals surface area (Å²) >= 11 is 3.35. The molecule has 0 radical (unpaired) electrons. The van der Waals surface area contributed by atoms with Crippen LogP contribution in [0.5, 0.6) is 11.5 Å². The van der Waals surface area contributed by atoms with Crippen molar-refractivity contribution in [2.75, 3.05) is 18.5 Å². The molecule has 0 saturated carbocycles. The van der Waals surface area contributed by atoms with E-state index in [4.69, 9.17) is 13.9 Å². The topological polar surface area (TPSA) is 61.6 Å². The summed E-state index contributed by atoms with van der Waals surface area (Å²) < 4.78 is 31.0. The molecule has 0 bridgehead atoms. The van der Waals surface area contributed by atoms with E-state index >= 15 is 0 Å². The number of ketones is 1. The number of carbonyl (C=O) groups is 1. The number of aromatic nitrogens is 1. The summed E-state index contributed by atoms with van der Waals surface area (Å²) in [5.74, 6) is 1.07. The van der Waals surface area contributed by atoms with Crippen LogP contribution >= 0.6 is 15.9 Å². The average Bonchev–Trinajstić information content (AvgIpc) is 3.10. The first kappa shape index (κ1) is 22.3. The van der Waals surface area contributed by atoms with Crippen molar-refractivity contribution in [2.45, 2.75) is 40.0 Å². The van der Waals surface area contributed by atoms with Crippen LogP contribution < -0.4 is 9.47 Å². The fourth-order valence-corrected chi connectivity index (χ4v) is 3.63. The first-order valence-corrected chi connectivity index (χ1v) is 11.0. The van der Waals surface area contributed by atoms with Gasteiger partial charge in [0.1, 0.15) is 11.3 Å².